The zero-order valence-electron chi connectivity index (χ0n) is 16.1. The Morgan fingerprint density at radius 3 is 2.68 bits per heavy atom. The minimum atomic E-state index is -0.446. The molecule has 6 rings (SSSR count). The van der Waals surface area contributed by atoms with Gasteiger partial charge in [0.15, 0.2) is 0 Å². The molecule has 0 radical (unpaired) electrons. The molecule has 7 bridgehead atoms. The minimum absolute atomic E-state index is 0.177. The number of hydrogen-bond acceptors (Lipinski definition) is 3. The Hall–Kier alpha value is -0.410. The Morgan fingerprint density at radius 1 is 1.16 bits per heavy atom. The van der Waals surface area contributed by atoms with Gasteiger partial charge in [0.1, 0.15) is 5.78 Å². The molecule has 1 aliphatic heterocycles. The van der Waals surface area contributed by atoms with E-state index in [1.165, 1.54) is 32.2 Å². The quantitative estimate of drug-likeness (QED) is 0.794. The van der Waals surface area contributed by atoms with Crippen LogP contribution in [0.1, 0.15) is 65.7 Å². The first-order chi connectivity index (χ1) is 11.9. The normalized spacial score (nSPS) is 64.6. The van der Waals surface area contributed by atoms with Gasteiger partial charge in [0.05, 0.1) is 11.5 Å². The molecule has 5 saturated carbocycles. The molecular weight excluding hydrogens is 310 g/mol. The maximum absolute atomic E-state index is 13.8. The van der Waals surface area contributed by atoms with Crippen LogP contribution in [-0.4, -0.2) is 41.0 Å². The molecule has 1 N–H and O–H groups in total. The lowest BCUT2D eigenvalue weighted by Gasteiger charge is -2.62. The fourth-order valence-corrected chi connectivity index (χ4v) is 10.2. The van der Waals surface area contributed by atoms with Gasteiger partial charge in [-0.25, -0.2) is 0 Å². The second kappa shape index (κ2) is 4.19. The SMILES string of the molecule is CCN1C[C@]2(C)CCC[C@@]34[C@@H]2C[C@@H]([C@@H]13)[C@]12CCC[C@@](C)(C1=O)[C@@H](O)[C@@H]24. The zero-order chi connectivity index (χ0) is 17.4. The molecule has 0 aromatic heterocycles. The van der Waals surface area contributed by atoms with Crippen molar-refractivity contribution >= 4 is 5.78 Å². The van der Waals surface area contributed by atoms with Gasteiger partial charge in [-0.15, -0.1) is 0 Å². The Kier molecular flexibility index (Phi) is 2.62. The summed E-state index contributed by atoms with van der Waals surface area (Å²) in [5, 5.41) is 11.6. The molecule has 1 heterocycles. The largest absolute Gasteiger partial charge is 0.392 e. The number of carbonyl (C=O) groups is 1. The first-order valence-corrected chi connectivity index (χ1v) is 10.8. The number of likely N-dealkylation sites (tertiary alicyclic amines) is 1. The van der Waals surface area contributed by atoms with E-state index in [2.05, 4.69) is 25.7 Å². The second-order valence-corrected chi connectivity index (χ2v) is 11.1. The summed E-state index contributed by atoms with van der Waals surface area (Å²) in [6.07, 6.45) is 7.90. The van der Waals surface area contributed by atoms with Crippen LogP contribution in [0.3, 0.4) is 0 Å². The predicted molar refractivity (Wildman–Crippen MR) is 95.9 cm³/mol. The third kappa shape index (κ3) is 1.28. The monoisotopic (exact) mass is 343 g/mol. The molecule has 3 nitrogen and oxygen atoms in total. The molecule has 6 aliphatic rings. The molecule has 0 aromatic rings. The number of piperidine rings is 1. The van der Waals surface area contributed by atoms with Gasteiger partial charge < -0.3 is 5.11 Å². The van der Waals surface area contributed by atoms with E-state index in [1.54, 1.807) is 0 Å². The van der Waals surface area contributed by atoms with Gasteiger partial charge in [-0.1, -0.05) is 33.6 Å². The van der Waals surface area contributed by atoms with Crippen molar-refractivity contribution in [1.82, 2.24) is 4.90 Å². The fraction of sp³-hybridized carbons (Fsp3) is 0.955. The molecule has 5 aliphatic carbocycles. The number of hydrogen-bond donors (Lipinski definition) is 1. The smallest absolute Gasteiger partial charge is 0.148 e. The van der Waals surface area contributed by atoms with Gasteiger partial charge in [-0.05, 0) is 61.3 Å². The summed E-state index contributed by atoms with van der Waals surface area (Å²) < 4.78 is 0. The van der Waals surface area contributed by atoms with Crippen LogP contribution in [0.25, 0.3) is 0 Å². The Morgan fingerprint density at radius 2 is 1.92 bits per heavy atom. The molecule has 0 unspecified atom stereocenters. The highest BCUT2D eigenvalue weighted by Gasteiger charge is 2.86. The maximum Gasteiger partial charge on any atom is 0.148 e. The molecule has 9 atom stereocenters. The molecular formula is C22H33NO2. The standard InChI is InChI=1S/C22H33NO2/c1-4-23-12-19(2)7-5-10-22-14(19)11-13(16(22)23)21-9-6-8-20(3,18(21)25)17(24)15(21)22/h13-17,24H,4-12H2,1-3H3/t13-,14+,15-,16+,17-,19-,20+,21-,22-/m0/s1. The third-order valence-electron chi connectivity index (χ3n) is 10.6. The average molecular weight is 344 g/mol. The average Bonchev–Trinajstić information content (AvgIpc) is 2.99. The number of Topliss-reactive ketones (excluding diaryl/α,β-unsaturated/α-hetero) is 1. The fourth-order valence-electron chi connectivity index (χ4n) is 10.2. The highest BCUT2D eigenvalue weighted by Crippen LogP contribution is 2.84. The number of nitrogens with zero attached hydrogens (tertiary/aromatic N) is 1. The molecule has 2 spiro atoms. The van der Waals surface area contributed by atoms with Crippen molar-refractivity contribution in [2.24, 2.45) is 39.4 Å². The summed E-state index contributed by atoms with van der Waals surface area (Å²) >= 11 is 0. The Labute approximate surface area is 151 Å². The molecule has 1 saturated heterocycles. The van der Waals surface area contributed by atoms with Crippen LogP contribution in [0, 0.1) is 39.4 Å². The Bertz CT molecular complexity index is 677. The lowest BCUT2D eigenvalue weighted by Crippen LogP contribution is -2.64. The number of aliphatic hydroxyl groups is 1. The van der Waals surface area contributed by atoms with E-state index in [-0.39, 0.29) is 16.7 Å². The summed E-state index contributed by atoms with van der Waals surface area (Å²) in [6, 6.07) is 0.571. The molecule has 0 aromatic carbocycles. The van der Waals surface area contributed by atoms with Crippen LogP contribution < -0.4 is 0 Å². The summed E-state index contributed by atoms with van der Waals surface area (Å²) in [7, 11) is 0. The first-order valence-electron chi connectivity index (χ1n) is 10.8. The lowest BCUT2D eigenvalue weighted by molar-refractivity contribution is -0.162. The van der Waals surface area contributed by atoms with Gasteiger partial charge in [-0.3, -0.25) is 9.69 Å². The highest BCUT2D eigenvalue weighted by atomic mass is 16.3. The van der Waals surface area contributed by atoms with Crippen LogP contribution in [-0.2, 0) is 4.79 Å². The van der Waals surface area contributed by atoms with Crippen LogP contribution in [0.2, 0.25) is 0 Å². The summed E-state index contributed by atoms with van der Waals surface area (Å²) in [4.78, 5) is 16.5. The highest BCUT2D eigenvalue weighted by molar-refractivity contribution is 5.96. The summed E-state index contributed by atoms with van der Waals surface area (Å²) in [5.41, 5.74) is 0.00625. The van der Waals surface area contributed by atoms with Crippen molar-refractivity contribution in [2.45, 2.75) is 77.9 Å². The molecule has 0 amide bonds. The predicted octanol–water partition coefficient (Wildman–Crippen LogP) is 3.25. The third-order valence-corrected chi connectivity index (χ3v) is 10.6. The first kappa shape index (κ1) is 15.6. The van der Waals surface area contributed by atoms with Crippen molar-refractivity contribution in [3.8, 4) is 0 Å². The summed E-state index contributed by atoms with van der Waals surface area (Å²) in [5.74, 6) is 1.99. The van der Waals surface area contributed by atoms with E-state index in [4.69, 9.17) is 0 Å². The summed E-state index contributed by atoms with van der Waals surface area (Å²) in [6.45, 7) is 9.27. The van der Waals surface area contributed by atoms with Crippen LogP contribution in [0.15, 0.2) is 0 Å². The van der Waals surface area contributed by atoms with Crippen molar-refractivity contribution < 1.29 is 9.90 Å². The van der Waals surface area contributed by atoms with E-state index >= 15 is 0 Å². The van der Waals surface area contributed by atoms with Crippen LogP contribution in [0.4, 0.5) is 0 Å². The van der Waals surface area contributed by atoms with Gasteiger partial charge in [0, 0.05) is 23.9 Å². The van der Waals surface area contributed by atoms with E-state index < -0.39 is 11.5 Å². The van der Waals surface area contributed by atoms with Gasteiger partial charge >= 0.3 is 0 Å². The van der Waals surface area contributed by atoms with Crippen molar-refractivity contribution in [3.63, 3.8) is 0 Å². The van der Waals surface area contributed by atoms with E-state index in [0.29, 0.717) is 23.2 Å². The minimum Gasteiger partial charge on any atom is -0.392 e. The number of rotatable bonds is 1. The van der Waals surface area contributed by atoms with Crippen molar-refractivity contribution in [3.05, 3.63) is 0 Å². The van der Waals surface area contributed by atoms with Gasteiger partial charge in [-0.2, -0.15) is 0 Å². The molecule has 6 fully saturated rings. The topological polar surface area (TPSA) is 40.5 Å². The van der Waals surface area contributed by atoms with Crippen molar-refractivity contribution in [1.29, 1.82) is 0 Å². The number of carbonyl (C=O) groups excluding carboxylic acids is 1. The second-order valence-electron chi connectivity index (χ2n) is 11.1. The van der Waals surface area contributed by atoms with Gasteiger partial charge in [0.2, 0.25) is 0 Å². The van der Waals surface area contributed by atoms with Crippen LogP contribution >= 0.6 is 0 Å². The maximum atomic E-state index is 13.8. The Balaban J connectivity index is 1.62. The zero-order valence-corrected chi connectivity index (χ0v) is 16.1. The van der Waals surface area contributed by atoms with Crippen LogP contribution in [0.5, 0.6) is 0 Å². The van der Waals surface area contributed by atoms with E-state index in [9.17, 15) is 9.90 Å². The van der Waals surface area contributed by atoms with E-state index in [0.717, 1.165) is 31.7 Å². The van der Waals surface area contributed by atoms with E-state index in [1.807, 2.05) is 0 Å². The lowest BCUT2D eigenvalue weighted by atomic mass is 9.46. The van der Waals surface area contributed by atoms with Crippen molar-refractivity contribution in [2.75, 3.05) is 13.1 Å². The number of aliphatic hydroxyl groups excluding tert-OH is 1. The molecule has 25 heavy (non-hydrogen) atoms. The molecule has 138 valence electrons. The van der Waals surface area contributed by atoms with Gasteiger partial charge in [0.25, 0.3) is 0 Å². The number of ketones is 1. The number of fused-ring (bicyclic) bond motifs is 1. The molecule has 3 heteroatoms.